The maximum absolute atomic E-state index is 12.4. The van der Waals surface area contributed by atoms with Gasteiger partial charge in [-0.25, -0.2) is 4.98 Å². The fourth-order valence-electron chi connectivity index (χ4n) is 2.41. The molecule has 3 rings (SSSR count). The highest BCUT2D eigenvalue weighted by Gasteiger charge is 2.14. The van der Waals surface area contributed by atoms with E-state index in [1.165, 1.54) is 21.3 Å². The molecule has 124 valence electrons. The van der Waals surface area contributed by atoms with Crippen LogP contribution < -0.4 is 19.8 Å². The summed E-state index contributed by atoms with van der Waals surface area (Å²) in [5.41, 5.74) is 0.789. The van der Waals surface area contributed by atoms with E-state index in [0.717, 1.165) is 0 Å². The quantitative estimate of drug-likeness (QED) is 0.763. The van der Waals surface area contributed by atoms with E-state index in [1.54, 1.807) is 30.3 Å². The van der Waals surface area contributed by atoms with Gasteiger partial charge in [-0.05, 0) is 30.3 Å². The molecule has 0 spiro atoms. The van der Waals surface area contributed by atoms with Gasteiger partial charge in [-0.2, -0.15) is 0 Å². The molecular weight excluding hydrogens is 312 g/mol. The predicted molar refractivity (Wildman–Crippen MR) is 89.1 cm³/mol. The van der Waals surface area contributed by atoms with Crippen LogP contribution in [0, 0.1) is 0 Å². The number of phenolic OH excluding ortho intramolecular Hbond substituents is 1. The maximum atomic E-state index is 12.4. The van der Waals surface area contributed by atoms with Gasteiger partial charge in [-0.3, -0.25) is 4.79 Å². The molecule has 0 bridgehead atoms. The number of rotatable bonds is 4. The van der Waals surface area contributed by atoms with E-state index in [2.05, 4.69) is 9.97 Å². The number of phenols is 1. The van der Waals surface area contributed by atoms with Gasteiger partial charge in [0.2, 0.25) is 5.75 Å². The van der Waals surface area contributed by atoms with E-state index >= 15 is 0 Å². The molecule has 0 saturated heterocycles. The number of ether oxygens (including phenoxy) is 3. The molecule has 2 N–H and O–H groups in total. The van der Waals surface area contributed by atoms with Crippen LogP contribution in [0.25, 0.3) is 22.3 Å². The van der Waals surface area contributed by atoms with Crippen molar-refractivity contribution < 1.29 is 19.3 Å². The molecule has 3 aromatic rings. The molecule has 2 aromatic carbocycles. The van der Waals surface area contributed by atoms with Crippen molar-refractivity contribution in [2.75, 3.05) is 21.3 Å². The van der Waals surface area contributed by atoms with E-state index in [9.17, 15) is 9.90 Å². The molecule has 7 heteroatoms. The standard InChI is InChI=1S/C17H16N2O5/c1-22-10-4-5-12-11(8-10)17(21)19-16(18-12)9-6-13(23-2)15(20)14(7-9)24-3/h4-8,20H,1-3H3,(H,18,19,21). The summed E-state index contributed by atoms with van der Waals surface area (Å²) in [6.45, 7) is 0. The fourth-order valence-corrected chi connectivity index (χ4v) is 2.41. The van der Waals surface area contributed by atoms with Crippen molar-refractivity contribution in [2.24, 2.45) is 0 Å². The SMILES string of the molecule is COc1ccc2nc(-c3cc(OC)c(O)c(OC)c3)[nH]c(=O)c2c1. The Balaban J connectivity index is 2.21. The van der Waals surface area contributed by atoms with Crippen LogP contribution in [-0.4, -0.2) is 36.4 Å². The molecule has 24 heavy (non-hydrogen) atoms. The Kier molecular flexibility index (Phi) is 3.99. The minimum absolute atomic E-state index is 0.114. The largest absolute Gasteiger partial charge is 0.502 e. The van der Waals surface area contributed by atoms with Gasteiger partial charge in [0.15, 0.2) is 11.5 Å². The lowest BCUT2D eigenvalue weighted by atomic mass is 10.1. The van der Waals surface area contributed by atoms with Crippen LogP contribution in [0.3, 0.4) is 0 Å². The van der Waals surface area contributed by atoms with Gasteiger partial charge in [0, 0.05) is 5.56 Å². The molecule has 0 fully saturated rings. The number of hydrogen-bond donors (Lipinski definition) is 2. The highest BCUT2D eigenvalue weighted by atomic mass is 16.5. The lowest BCUT2D eigenvalue weighted by Crippen LogP contribution is -2.09. The van der Waals surface area contributed by atoms with Gasteiger partial charge in [-0.1, -0.05) is 0 Å². The van der Waals surface area contributed by atoms with E-state index in [4.69, 9.17) is 14.2 Å². The summed E-state index contributed by atoms with van der Waals surface area (Å²) in [5, 5.41) is 10.4. The summed E-state index contributed by atoms with van der Waals surface area (Å²) in [4.78, 5) is 19.5. The summed E-state index contributed by atoms with van der Waals surface area (Å²) >= 11 is 0. The van der Waals surface area contributed by atoms with Crippen LogP contribution in [0.4, 0.5) is 0 Å². The fraction of sp³-hybridized carbons (Fsp3) is 0.176. The van der Waals surface area contributed by atoms with Crippen molar-refractivity contribution in [1.82, 2.24) is 9.97 Å². The Morgan fingerprint density at radius 3 is 2.25 bits per heavy atom. The first-order valence-corrected chi connectivity index (χ1v) is 7.10. The van der Waals surface area contributed by atoms with Crippen LogP contribution >= 0.6 is 0 Å². The molecule has 0 aliphatic heterocycles. The smallest absolute Gasteiger partial charge is 0.259 e. The highest BCUT2D eigenvalue weighted by molar-refractivity contribution is 5.81. The number of hydrogen-bond acceptors (Lipinski definition) is 6. The average molecular weight is 328 g/mol. The number of nitrogens with zero attached hydrogens (tertiary/aromatic N) is 1. The summed E-state index contributed by atoms with van der Waals surface area (Å²) < 4.78 is 15.4. The average Bonchev–Trinajstić information content (AvgIpc) is 2.61. The molecule has 0 aliphatic rings. The molecule has 1 aromatic heterocycles. The third-order valence-corrected chi connectivity index (χ3v) is 3.67. The molecule has 0 amide bonds. The first kappa shape index (κ1) is 15.7. The number of H-pyrrole nitrogens is 1. The Labute approximate surface area is 137 Å². The second kappa shape index (κ2) is 6.11. The third kappa shape index (κ3) is 2.60. The first-order valence-electron chi connectivity index (χ1n) is 7.10. The molecule has 1 heterocycles. The maximum Gasteiger partial charge on any atom is 0.259 e. The number of aromatic nitrogens is 2. The van der Waals surface area contributed by atoms with Crippen LogP contribution in [0.1, 0.15) is 0 Å². The molecule has 0 unspecified atom stereocenters. The van der Waals surface area contributed by atoms with Crippen LogP contribution in [0.5, 0.6) is 23.0 Å². The summed E-state index contributed by atoms with van der Waals surface area (Å²) in [7, 11) is 4.40. The topological polar surface area (TPSA) is 93.7 Å². The summed E-state index contributed by atoms with van der Waals surface area (Å²) in [5.74, 6) is 1.25. The van der Waals surface area contributed by atoms with Crippen molar-refractivity contribution in [3.05, 3.63) is 40.7 Å². The minimum atomic E-state index is -0.292. The van der Waals surface area contributed by atoms with E-state index in [1.807, 2.05) is 0 Å². The van der Waals surface area contributed by atoms with Crippen LogP contribution in [-0.2, 0) is 0 Å². The number of benzene rings is 2. The lowest BCUT2D eigenvalue weighted by molar-refractivity contribution is 0.340. The Hall–Kier alpha value is -3.22. The normalized spacial score (nSPS) is 10.6. The van der Waals surface area contributed by atoms with Crippen molar-refractivity contribution in [3.63, 3.8) is 0 Å². The van der Waals surface area contributed by atoms with Crippen molar-refractivity contribution in [3.8, 4) is 34.4 Å². The zero-order valence-electron chi connectivity index (χ0n) is 13.4. The van der Waals surface area contributed by atoms with Gasteiger partial charge < -0.3 is 24.3 Å². The van der Waals surface area contributed by atoms with Crippen LogP contribution in [0.15, 0.2) is 35.1 Å². The third-order valence-electron chi connectivity index (χ3n) is 3.67. The van der Waals surface area contributed by atoms with Gasteiger partial charge in [0.05, 0.1) is 32.2 Å². The minimum Gasteiger partial charge on any atom is -0.502 e. The number of methoxy groups -OCH3 is 3. The monoisotopic (exact) mass is 328 g/mol. The highest BCUT2D eigenvalue weighted by Crippen LogP contribution is 2.39. The van der Waals surface area contributed by atoms with Gasteiger partial charge in [0.1, 0.15) is 11.6 Å². The van der Waals surface area contributed by atoms with Crippen molar-refractivity contribution >= 4 is 10.9 Å². The van der Waals surface area contributed by atoms with E-state index < -0.39 is 0 Å². The van der Waals surface area contributed by atoms with Gasteiger partial charge in [-0.15, -0.1) is 0 Å². The zero-order valence-corrected chi connectivity index (χ0v) is 13.4. The van der Waals surface area contributed by atoms with Gasteiger partial charge >= 0.3 is 0 Å². The second-order valence-corrected chi connectivity index (χ2v) is 5.03. The number of nitrogens with one attached hydrogen (secondary N) is 1. The lowest BCUT2D eigenvalue weighted by Gasteiger charge is -2.11. The first-order chi connectivity index (χ1) is 11.6. The zero-order chi connectivity index (χ0) is 17.3. The molecule has 0 atom stereocenters. The van der Waals surface area contributed by atoms with Crippen LogP contribution in [0.2, 0.25) is 0 Å². The molecular formula is C17H16N2O5. The van der Waals surface area contributed by atoms with Gasteiger partial charge in [0.25, 0.3) is 5.56 Å². The number of aromatic hydroxyl groups is 1. The molecule has 0 aliphatic carbocycles. The Bertz CT molecular complexity index is 940. The number of aromatic amines is 1. The van der Waals surface area contributed by atoms with Crippen molar-refractivity contribution in [2.45, 2.75) is 0 Å². The summed E-state index contributed by atoms with van der Waals surface area (Å²) in [6.07, 6.45) is 0. The predicted octanol–water partition coefficient (Wildman–Crippen LogP) is 2.32. The molecule has 7 nitrogen and oxygen atoms in total. The molecule has 0 radical (unpaired) electrons. The molecule has 0 saturated carbocycles. The Morgan fingerprint density at radius 1 is 1.00 bits per heavy atom. The summed E-state index contributed by atoms with van der Waals surface area (Å²) in [6, 6.07) is 8.22. The van der Waals surface area contributed by atoms with E-state index in [-0.39, 0.29) is 22.8 Å². The Morgan fingerprint density at radius 2 is 1.67 bits per heavy atom. The second-order valence-electron chi connectivity index (χ2n) is 5.03. The van der Waals surface area contributed by atoms with Crippen molar-refractivity contribution in [1.29, 1.82) is 0 Å². The number of fused-ring (bicyclic) bond motifs is 1. The van der Waals surface area contributed by atoms with E-state index in [0.29, 0.717) is 28.0 Å².